The summed E-state index contributed by atoms with van der Waals surface area (Å²) in [6.45, 7) is 3.33. The van der Waals surface area contributed by atoms with Crippen molar-refractivity contribution in [1.29, 1.82) is 0 Å². The number of ether oxygens (including phenoxy) is 1. The first kappa shape index (κ1) is 17.0. The Kier molecular flexibility index (Phi) is 5.58. The van der Waals surface area contributed by atoms with E-state index in [2.05, 4.69) is 17.0 Å². The molecule has 6 nitrogen and oxygen atoms in total. The molecule has 1 aliphatic carbocycles. The van der Waals surface area contributed by atoms with Crippen LogP contribution in [0.15, 0.2) is 29.4 Å². The number of hydrogen-bond acceptors (Lipinski definition) is 5. The molecule has 1 saturated heterocycles. The molecule has 0 aromatic heterocycles. The third-order valence-corrected chi connectivity index (χ3v) is 5.43. The summed E-state index contributed by atoms with van der Waals surface area (Å²) < 4.78 is 5.88. The number of hydrazine groups is 1. The molecule has 1 saturated carbocycles. The number of rotatable bonds is 7. The van der Waals surface area contributed by atoms with E-state index >= 15 is 0 Å². The first-order valence-corrected chi connectivity index (χ1v) is 8.86. The summed E-state index contributed by atoms with van der Waals surface area (Å²) >= 11 is 0. The van der Waals surface area contributed by atoms with Gasteiger partial charge in [0, 0.05) is 0 Å². The van der Waals surface area contributed by atoms with Crippen LogP contribution in [0.5, 0.6) is 5.75 Å². The minimum Gasteiger partial charge on any atom is -0.494 e. The Hall–Kier alpha value is -1.79. The summed E-state index contributed by atoms with van der Waals surface area (Å²) in [5, 5.41) is 4.78. The van der Waals surface area contributed by atoms with E-state index in [4.69, 9.17) is 16.4 Å². The number of hydrogen-bond donors (Lipinski definition) is 2. The molecule has 6 heteroatoms. The van der Waals surface area contributed by atoms with E-state index < -0.39 is 0 Å². The minimum absolute atomic E-state index is 0.795. The normalized spacial score (nSPS) is 25.1. The Bertz CT molecular complexity index is 539. The van der Waals surface area contributed by atoms with Gasteiger partial charge in [-0.3, -0.25) is 5.01 Å². The molecule has 3 rings (SSSR count). The molecule has 1 heterocycles. The molecular weight excluding hydrogens is 302 g/mol. The first-order chi connectivity index (χ1) is 11.7. The second-order valence-electron chi connectivity index (χ2n) is 7.10. The number of benzene rings is 1. The van der Waals surface area contributed by atoms with Crippen molar-refractivity contribution in [1.82, 2.24) is 4.90 Å². The predicted molar refractivity (Wildman–Crippen MR) is 97.7 cm³/mol. The second kappa shape index (κ2) is 7.85. The SMILES string of the molecule is CN1CCC(C2CC2CCOc2ccc(N(N)/C=N\N)cc2)CC1. The van der Waals surface area contributed by atoms with Crippen molar-refractivity contribution < 1.29 is 4.74 Å². The van der Waals surface area contributed by atoms with E-state index in [1.807, 2.05) is 24.3 Å². The number of anilines is 1. The van der Waals surface area contributed by atoms with Gasteiger partial charge in [0.15, 0.2) is 0 Å². The van der Waals surface area contributed by atoms with Crippen LogP contribution in [0, 0.1) is 17.8 Å². The lowest BCUT2D eigenvalue weighted by molar-refractivity contribution is 0.196. The molecule has 4 N–H and O–H groups in total. The summed E-state index contributed by atoms with van der Waals surface area (Å²) in [6.07, 6.45) is 6.69. The molecule has 0 radical (unpaired) electrons. The summed E-state index contributed by atoms with van der Waals surface area (Å²) in [4.78, 5) is 2.45. The maximum Gasteiger partial charge on any atom is 0.129 e. The zero-order valence-electron chi connectivity index (χ0n) is 14.5. The molecule has 0 amide bonds. The molecule has 1 aliphatic heterocycles. The molecular formula is C18H29N5O. The van der Waals surface area contributed by atoms with E-state index in [1.165, 1.54) is 50.1 Å². The van der Waals surface area contributed by atoms with Gasteiger partial charge >= 0.3 is 0 Å². The molecule has 2 atom stereocenters. The highest BCUT2D eigenvalue weighted by Gasteiger charge is 2.42. The van der Waals surface area contributed by atoms with Crippen LogP contribution in [0.25, 0.3) is 0 Å². The molecule has 24 heavy (non-hydrogen) atoms. The number of nitrogens with zero attached hydrogens (tertiary/aromatic N) is 3. The van der Waals surface area contributed by atoms with E-state index in [0.717, 1.165) is 35.8 Å². The van der Waals surface area contributed by atoms with Gasteiger partial charge in [0.25, 0.3) is 0 Å². The van der Waals surface area contributed by atoms with Crippen molar-refractivity contribution in [3.8, 4) is 5.75 Å². The number of hydrazone groups is 1. The molecule has 1 aromatic carbocycles. The lowest BCUT2D eigenvalue weighted by Crippen LogP contribution is -2.31. The lowest BCUT2D eigenvalue weighted by atomic mass is 9.91. The largest absolute Gasteiger partial charge is 0.494 e. The van der Waals surface area contributed by atoms with Crippen LogP contribution in [-0.2, 0) is 0 Å². The zero-order chi connectivity index (χ0) is 16.9. The van der Waals surface area contributed by atoms with Gasteiger partial charge in [-0.2, -0.15) is 5.10 Å². The number of likely N-dealkylation sites (tertiary alicyclic amines) is 1. The molecule has 0 spiro atoms. The highest BCUT2D eigenvalue weighted by atomic mass is 16.5. The van der Waals surface area contributed by atoms with Gasteiger partial charge in [-0.05, 0) is 87.8 Å². The fraction of sp³-hybridized carbons (Fsp3) is 0.611. The molecule has 2 fully saturated rings. The van der Waals surface area contributed by atoms with Crippen LogP contribution >= 0.6 is 0 Å². The zero-order valence-corrected chi connectivity index (χ0v) is 14.5. The number of piperidine rings is 1. The first-order valence-electron chi connectivity index (χ1n) is 8.86. The minimum atomic E-state index is 0.795. The van der Waals surface area contributed by atoms with Crippen LogP contribution in [0.3, 0.4) is 0 Å². The van der Waals surface area contributed by atoms with Gasteiger partial charge in [0.2, 0.25) is 0 Å². The predicted octanol–water partition coefficient (Wildman–Crippen LogP) is 2.02. The van der Waals surface area contributed by atoms with Gasteiger partial charge in [-0.1, -0.05) is 0 Å². The van der Waals surface area contributed by atoms with Crippen molar-refractivity contribution in [3.63, 3.8) is 0 Å². The fourth-order valence-electron chi connectivity index (χ4n) is 3.82. The van der Waals surface area contributed by atoms with Gasteiger partial charge < -0.3 is 15.5 Å². The molecule has 2 aliphatic rings. The van der Waals surface area contributed by atoms with E-state index in [0.29, 0.717) is 0 Å². The van der Waals surface area contributed by atoms with Gasteiger partial charge in [0.05, 0.1) is 12.3 Å². The molecule has 0 bridgehead atoms. The summed E-state index contributed by atoms with van der Waals surface area (Å²) in [7, 11) is 2.23. The molecule has 2 unspecified atom stereocenters. The van der Waals surface area contributed by atoms with Crippen molar-refractivity contribution in [2.24, 2.45) is 34.5 Å². The number of nitrogens with two attached hydrogens (primary N) is 2. The Morgan fingerprint density at radius 1 is 1.29 bits per heavy atom. The third-order valence-electron chi connectivity index (χ3n) is 5.43. The van der Waals surface area contributed by atoms with Crippen LogP contribution in [0.4, 0.5) is 5.69 Å². The van der Waals surface area contributed by atoms with Crippen molar-refractivity contribution in [2.45, 2.75) is 25.7 Å². The Morgan fingerprint density at radius 2 is 2.00 bits per heavy atom. The third kappa shape index (κ3) is 4.39. The van der Waals surface area contributed by atoms with E-state index in [-0.39, 0.29) is 0 Å². The van der Waals surface area contributed by atoms with Gasteiger partial charge in [0.1, 0.15) is 12.1 Å². The Labute approximate surface area is 144 Å². The van der Waals surface area contributed by atoms with Crippen LogP contribution in [-0.4, -0.2) is 38.0 Å². The maximum absolute atomic E-state index is 5.88. The monoisotopic (exact) mass is 331 g/mol. The smallest absolute Gasteiger partial charge is 0.129 e. The summed E-state index contributed by atoms with van der Waals surface area (Å²) in [5.74, 6) is 14.5. The highest BCUT2D eigenvalue weighted by molar-refractivity contribution is 5.77. The van der Waals surface area contributed by atoms with E-state index in [1.54, 1.807) is 0 Å². The second-order valence-corrected chi connectivity index (χ2v) is 7.10. The quantitative estimate of drug-likeness (QED) is 0.346. The van der Waals surface area contributed by atoms with Crippen LogP contribution in [0.2, 0.25) is 0 Å². The van der Waals surface area contributed by atoms with Crippen molar-refractivity contribution in [2.75, 3.05) is 31.8 Å². The average molecular weight is 331 g/mol. The summed E-state index contributed by atoms with van der Waals surface area (Å²) in [5.41, 5.74) is 0.820. The standard InChI is InChI=1S/C18H29N5O/c1-22-9-6-14(7-10-22)18-12-15(18)8-11-24-17-4-2-16(3-5-17)23(20)13-21-19/h2-5,13-15,18H,6-12,19-20H2,1H3/b21-13-. The Morgan fingerprint density at radius 3 is 2.67 bits per heavy atom. The highest BCUT2D eigenvalue weighted by Crippen LogP contribution is 2.49. The maximum atomic E-state index is 5.88. The fourth-order valence-corrected chi connectivity index (χ4v) is 3.82. The van der Waals surface area contributed by atoms with Crippen molar-refractivity contribution in [3.05, 3.63) is 24.3 Å². The Balaban J connectivity index is 1.37. The van der Waals surface area contributed by atoms with Crippen LogP contribution in [0.1, 0.15) is 25.7 Å². The van der Waals surface area contributed by atoms with Crippen molar-refractivity contribution >= 4 is 12.0 Å². The topological polar surface area (TPSA) is 80.1 Å². The van der Waals surface area contributed by atoms with Gasteiger partial charge in [-0.25, -0.2) is 5.84 Å². The molecule has 132 valence electrons. The summed E-state index contributed by atoms with van der Waals surface area (Å²) in [6, 6.07) is 7.66. The van der Waals surface area contributed by atoms with Crippen LogP contribution < -0.4 is 21.4 Å². The molecule has 1 aromatic rings. The van der Waals surface area contributed by atoms with E-state index in [9.17, 15) is 0 Å². The van der Waals surface area contributed by atoms with Gasteiger partial charge in [-0.15, -0.1) is 0 Å². The lowest BCUT2D eigenvalue weighted by Gasteiger charge is -2.29. The average Bonchev–Trinajstić information content (AvgIpc) is 3.36.